The summed E-state index contributed by atoms with van der Waals surface area (Å²) < 4.78 is 5.38. The smallest absolute Gasteiger partial charge is 0.407 e. The average Bonchev–Trinajstić information content (AvgIpc) is 2.33. The van der Waals surface area contributed by atoms with Gasteiger partial charge in [0.2, 0.25) is 0 Å². The van der Waals surface area contributed by atoms with Crippen LogP contribution in [0, 0.1) is 11.8 Å². The number of carbonyl (C=O) groups excluding carboxylic acids is 1. The second kappa shape index (κ2) is 7.39. The van der Waals surface area contributed by atoms with Crippen LogP contribution in [0.25, 0.3) is 0 Å². The van der Waals surface area contributed by atoms with Gasteiger partial charge in [0.05, 0.1) is 6.10 Å². The van der Waals surface area contributed by atoms with E-state index in [9.17, 15) is 9.90 Å². The first-order chi connectivity index (χ1) is 10.7. The Hall–Kier alpha value is -0.810. The molecular weight excluding hydrogens is 292 g/mol. The van der Waals surface area contributed by atoms with E-state index in [4.69, 9.17) is 4.74 Å². The van der Waals surface area contributed by atoms with E-state index in [0.717, 1.165) is 25.4 Å². The van der Waals surface area contributed by atoms with E-state index in [1.807, 2.05) is 27.7 Å². The summed E-state index contributed by atoms with van der Waals surface area (Å²) in [5, 5.41) is 13.1. The van der Waals surface area contributed by atoms with Crippen LogP contribution < -0.4 is 5.32 Å². The van der Waals surface area contributed by atoms with Crippen molar-refractivity contribution in [3.63, 3.8) is 0 Å². The lowest BCUT2D eigenvalue weighted by atomic mass is 9.78. The molecule has 23 heavy (non-hydrogen) atoms. The Balaban J connectivity index is 1.96. The van der Waals surface area contributed by atoms with Crippen LogP contribution in [0.3, 0.4) is 0 Å². The van der Waals surface area contributed by atoms with E-state index < -0.39 is 5.60 Å². The summed E-state index contributed by atoms with van der Waals surface area (Å²) in [6.07, 6.45) is 4.05. The highest BCUT2D eigenvalue weighted by Gasteiger charge is 2.36. The molecule has 0 aromatic heterocycles. The number of nitrogens with one attached hydrogen (secondary N) is 1. The van der Waals surface area contributed by atoms with Gasteiger partial charge in [0.25, 0.3) is 0 Å². The Morgan fingerprint density at radius 3 is 2.35 bits per heavy atom. The molecule has 4 unspecified atom stereocenters. The van der Waals surface area contributed by atoms with Crippen molar-refractivity contribution in [3.05, 3.63) is 0 Å². The first-order valence-corrected chi connectivity index (χ1v) is 9.07. The third kappa shape index (κ3) is 5.35. The van der Waals surface area contributed by atoms with E-state index >= 15 is 0 Å². The van der Waals surface area contributed by atoms with Crippen molar-refractivity contribution in [2.24, 2.45) is 11.8 Å². The Morgan fingerprint density at radius 2 is 1.87 bits per heavy atom. The van der Waals surface area contributed by atoms with Gasteiger partial charge in [-0.25, -0.2) is 4.79 Å². The fourth-order valence-corrected chi connectivity index (χ4v) is 3.65. The molecule has 2 aliphatic rings. The molecule has 0 radical (unpaired) electrons. The molecular formula is C18H34N2O3. The normalized spacial score (nSPS) is 29.5. The van der Waals surface area contributed by atoms with Gasteiger partial charge >= 0.3 is 6.09 Å². The summed E-state index contributed by atoms with van der Waals surface area (Å²) >= 11 is 0. The van der Waals surface area contributed by atoms with Gasteiger partial charge in [-0.15, -0.1) is 0 Å². The largest absolute Gasteiger partial charge is 0.444 e. The Kier molecular flexibility index (Phi) is 5.95. The van der Waals surface area contributed by atoms with Crippen LogP contribution in [0.15, 0.2) is 0 Å². The van der Waals surface area contributed by atoms with E-state index in [1.54, 1.807) is 0 Å². The van der Waals surface area contributed by atoms with Crippen LogP contribution in [0.4, 0.5) is 4.79 Å². The molecule has 1 saturated carbocycles. The predicted molar refractivity (Wildman–Crippen MR) is 91.3 cm³/mol. The molecule has 1 saturated heterocycles. The van der Waals surface area contributed by atoms with Crippen LogP contribution in [0.5, 0.6) is 0 Å². The molecule has 4 atom stereocenters. The molecule has 0 spiro atoms. The standard InChI is InChI=1S/C18H34N2O3/c1-12(14-7-6-8-14)20-10-15(13(2)21)9-16(11-20)19-17(22)23-18(3,4)5/h12-16,21H,6-11H2,1-5H3,(H,19,22). The highest BCUT2D eigenvalue weighted by atomic mass is 16.6. The van der Waals surface area contributed by atoms with Crippen LogP contribution in [-0.4, -0.2) is 53.0 Å². The van der Waals surface area contributed by atoms with Crippen molar-refractivity contribution < 1.29 is 14.6 Å². The maximum absolute atomic E-state index is 12.1. The summed E-state index contributed by atoms with van der Waals surface area (Å²) in [4.78, 5) is 14.5. The van der Waals surface area contributed by atoms with Crippen LogP contribution >= 0.6 is 0 Å². The molecule has 0 bridgehead atoms. The second-order valence-electron chi connectivity index (χ2n) is 8.47. The third-order valence-electron chi connectivity index (χ3n) is 5.32. The monoisotopic (exact) mass is 326 g/mol. The quantitative estimate of drug-likeness (QED) is 0.834. The number of carbonyl (C=O) groups is 1. The zero-order valence-electron chi connectivity index (χ0n) is 15.3. The molecule has 0 aromatic rings. The van der Waals surface area contributed by atoms with Gasteiger partial charge in [0.1, 0.15) is 5.60 Å². The number of piperidine rings is 1. The molecule has 2 fully saturated rings. The van der Waals surface area contributed by atoms with E-state index in [1.165, 1.54) is 19.3 Å². The Labute approximate surface area is 140 Å². The number of alkyl carbamates (subject to hydrolysis) is 1. The number of rotatable bonds is 4. The lowest BCUT2D eigenvalue weighted by molar-refractivity contribution is 0.00309. The van der Waals surface area contributed by atoms with E-state index in [0.29, 0.717) is 6.04 Å². The predicted octanol–water partition coefficient (Wildman–Crippen LogP) is 2.77. The SMILES string of the molecule is CC(O)C1CC(NC(=O)OC(C)(C)C)CN(C(C)C2CCC2)C1. The first-order valence-electron chi connectivity index (χ1n) is 9.07. The summed E-state index contributed by atoms with van der Waals surface area (Å²) in [6, 6.07) is 0.564. The highest BCUT2D eigenvalue weighted by molar-refractivity contribution is 5.68. The van der Waals surface area contributed by atoms with Gasteiger partial charge in [-0.05, 0) is 65.7 Å². The van der Waals surface area contributed by atoms with Crippen LogP contribution in [0.2, 0.25) is 0 Å². The number of amides is 1. The Bertz CT molecular complexity index is 402. The van der Waals surface area contributed by atoms with Crippen LogP contribution in [-0.2, 0) is 4.74 Å². The maximum Gasteiger partial charge on any atom is 0.407 e. The van der Waals surface area contributed by atoms with Gasteiger partial charge in [-0.2, -0.15) is 0 Å². The first kappa shape index (κ1) is 18.5. The second-order valence-corrected chi connectivity index (χ2v) is 8.47. The summed E-state index contributed by atoms with van der Waals surface area (Å²) in [5.41, 5.74) is -0.485. The van der Waals surface area contributed by atoms with Gasteiger partial charge < -0.3 is 15.2 Å². The molecule has 134 valence electrons. The van der Waals surface area contributed by atoms with Gasteiger partial charge in [0, 0.05) is 25.2 Å². The zero-order chi connectivity index (χ0) is 17.2. The van der Waals surface area contributed by atoms with E-state index in [2.05, 4.69) is 17.1 Å². The van der Waals surface area contributed by atoms with Crippen molar-refractivity contribution in [3.8, 4) is 0 Å². The topological polar surface area (TPSA) is 61.8 Å². The third-order valence-corrected chi connectivity index (χ3v) is 5.32. The minimum atomic E-state index is -0.485. The van der Waals surface area contributed by atoms with Crippen molar-refractivity contribution >= 4 is 6.09 Å². The molecule has 1 heterocycles. The fourth-order valence-electron chi connectivity index (χ4n) is 3.65. The Morgan fingerprint density at radius 1 is 1.22 bits per heavy atom. The fraction of sp³-hybridized carbons (Fsp3) is 0.944. The molecule has 1 aliphatic heterocycles. The summed E-state index contributed by atoms with van der Waals surface area (Å²) in [7, 11) is 0. The minimum absolute atomic E-state index is 0.0423. The van der Waals surface area contributed by atoms with Crippen molar-refractivity contribution in [2.75, 3.05) is 13.1 Å². The molecule has 5 heteroatoms. The van der Waals surface area contributed by atoms with Crippen molar-refractivity contribution in [2.45, 2.75) is 84.1 Å². The number of aliphatic hydroxyl groups excluding tert-OH is 1. The minimum Gasteiger partial charge on any atom is -0.444 e. The number of aliphatic hydroxyl groups is 1. The zero-order valence-corrected chi connectivity index (χ0v) is 15.3. The number of likely N-dealkylation sites (tertiary alicyclic amines) is 1. The summed E-state index contributed by atoms with van der Waals surface area (Å²) in [6.45, 7) is 11.5. The molecule has 1 aliphatic carbocycles. The van der Waals surface area contributed by atoms with Gasteiger partial charge in [0.15, 0.2) is 0 Å². The molecule has 5 nitrogen and oxygen atoms in total. The number of nitrogens with zero attached hydrogens (tertiary/aromatic N) is 1. The average molecular weight is 326 g/mol. The number of hydrogen-bond acceptors (Lipinski definition) is 4. The number of hydrogen-bond donors (Lipinski definition) is 2. The molecule has 1 amide bonds. The number of ether oxygens (including phenoxy) is 1. The van der Waals surface area contributed by atoms with Crippen molar-refractivity contribution in [1.29, 1.82) is 0 Å². The van der Waals surface area contributed by atoms with Crippen molar-refractivity contribution in [1.82, 2.24) is 10.2 Å². The molecule has 2 N–H and O–H groups in total. The van der Waals surface area contributed by atoms with Gasteiger partial charge in [-0.1, -0.05) is 6.42 Å². The highest BCUT2D eigenvalue weighted by Crippen LogP contribution is 2.34. The van der Waals surface area contributed by atoms with Crippen LogP contribution in [0.1, 0.15) is 60.3 Å². The summed E-state index contributed by atoms with van der Waals surface area (Å²) in [5.74, 6) is 0.969. The van der Waals surface area contributed by atoms with E-state index in [-0.39, 0.29) is 24.2 Å². The molecule has 2 rings (SSSR count). The van der Waals surface area contributed by atoms with Gasteiger partial charge in [-0.3, -0.25) is 4.90 Å². The maximum atomic E-state index is 12.1. The molecule has 0 aromatic carbocycles. The lowest BCUT2D eigenvalue weighted by Gasteiger charge is -2.46. The lowest BCUT2D eigenvalue weighted by Crippen LogP contribution is -2.57.